The summed E-state index contributed by atoms with van der Waals surface area (Å²) in [5.41, 5.74) is 7.51. The smallest absolute Gasteiger partial charge is 0.339 e. The number of hydrogen-bond donors (Lipinski definition) is 0. The number of likely N-dealkylation sites (tertiary alicyclic amines) is 1. The highest BCUT2D eigenvalue weighted by Crippen LogP contribution is 2.55. The van der Waals surface area contributed by atoms with Crippen LogP contribution in [-0.2, 0) is 20.9 Å². The Hall–Kier alpha value is -3.90. The molecule has 0 unspecified atom stereocenters. The average Bonchev–Trinajstić information content (AvgIpc) is 3.90. The lowest BCUT2D eigenvalue weighted by atomic mass is 9.60. The van der Waals surface area contributed by atoms with Crippen LogP contribution in [0.25, 0.3) is 11.0 Å². The van der Waals surface area contributed by atoms with Crippen LogP contribution in [0.5, 0.6) is 5.88 Å². The van der Waals surface area contributed by atoms with E-state index in [2.05, 4.69) is 96.7 Å². The normalized spacial score (nSPS) is 23.5. The lowest BCUT2D eigenvalue weighted by molar-refractivity contribution is -0.0257. The van der Waals surface area contributed by atoms with Gasteiger partial charge in [0.05, 0.1) is 37.6 Å². The second kappa shape index (κ2) is 14.2. The molecule has 0 N–H and O–H groups in total. The fraction of sp³-hybridized carbons (Fsp3) is 0.545. The lowest BCUT2D eigenvalue weighted by Crippen LogP contribution is -2.66. The summed E-state index contributed by atoms with van der Waals surface area (Å²) in [6, 6.07) is 21.7. The summed E-state index contributed by atoms with van der Waals surface area (Å²) in [4.78, 5) is 26.0. The molecule has 3 saturated heterocycles. The first-order valence-electron chi connectivity index (χ1n) is 20.4. The molecule has 9 rings (SSSR count). The molecule has 2 aromatic carbocycles. The van der Waals surface area contributed by atoms with Gasteiger partial charge in [0, 0.05) is 62.5 Å². The van der Waals surface area contributed by atoms with E-state index in [0.29, 0.717) is 54.8 Å². The van der Waals surface area contributed by atoms with Crippen molar-refractivity contribution >= 4 is 42.1 Å². The highest BCUT2D eigenvalue weighted by molar-refractivity contribution is 6.76. The van der Waals surface area contributed by atoms with Crippen LogP contribution in [0.3, 0.4) is 0 Å². The number of carbonyl (C=O) groups excluding carboxylic acids is 1. The number of esters is 1. The maximum absolute atomic E-state index is 13.4. The summed E-state index contributed by atoms with van der Waals surface area (Å²) < 4.78 is 26.1. The maximum atomic E-state index is 13.4. The van der Waals surface area contributed by atoms with Crippen LogP contribution in [0.1, 0.15) is 73.0 Å². The van der Waals surface area contributed by atoms with Crippen molar-refractivity contribution in [3.05, 3.63) is 77.5 Å². The summed E-state index contributed by atoms with van der Waals surface area (Å²) in [7, 11) is 0.263. The molecule has 11 heteroatoms. The molecule has 3 atom stereocenters. The maximum Gasteiger partial charge on any atom is 0.339 e. The van der Waals surface area contributed by atoms with Crippen molar-refractivity contribution in [3.63, 3.8) is 0 Å². The molecule has 4 aromatic rings. The third-order valence-corrected chi connectivity index (χ3v) is 14.6. The third kappa shape index (κ3) is 6.74. The van der Waals surface area contributed by atoms with Crippen molar-refractivity contribution in [2.24, 2.45) is 5.41 Å². The van der Waals surface area contributed by atoms with Crippen LogP contribution in [-0.4, -0.2) is 93.2 Å². The topological polar surface area (TPSA) is 81.5 Å². The largest absolute Gasteiger partial charge is 0.468 e. The summed E-state index contributed by atoms with van der Waals surface area (Å²) >= 11 is 0. The van der Waals surface area contributed by atoms with E-state index in [1.54, 1.807) is 5.56 Å². The van der Waals surface area contributed by atoms with Crippen molar-refractivity contribution in [1.29, 1.82) is 0 Å². The predicted octanol–water partition coefficient (Wildman–Crippen LogP) is 8.36. The van der Waals surface area contributed by atoms with Gasteiger partial charge >= 0.3 is 5.97 Å². The number of rotatable bonds is 11. The highest BCUT2D eigenvalue weighted by Gasteiger charge is 2.55. The van der Waals surface area contributed by atoms with Gasteiger partial charge in [-0.2, -0.15) is 4.98 Å². The van der Waals surface area contributed by atoms with Crippen LogP contribution < -0.4 is 14.5 Å². The molecule has 0 bridgehead atoms. The third-order valence-electron chi connectivity index (χ3n) is 12.9. The van der Waals surface area contributed by atoms with Crippen molar-refractivity contribution in [2.45, 2.75) is 102 Å². The van der Waals surface area contributed by atoms with Gasteiger partial charge in [-0.05, 0) is 85.6 Å². The summed E-state index contributed by atoms with van der Waals surface area (Å²) in [5.74, 6) is 0.720. The zero-order valence-corrected chi connectivity index (χ0v) is 34.4. The Morgan fingerprint density at radius 1 is 1.04 bits per heavy atom. The molecule has 5 aliphatic rings. The Bertz CT molecular complexity index is 2060. The Balaban J connectivity index is 0.958. The number of pyridine rings is 1. The quantitative estimate of drug-likeness (QED) is 0.0851. The number of benzene rings is 2. The van der Waals surface area contributed by atoms with Gasteiger partial charge in [-0.1, -0.05) is 57.8 Å². The molecule has 55 heavy (non-hydrogen) atoms. The summed E-state index contributed by atoms with van der Waals surface area (Å²) in [6.07, 6.45) is 6.85. The van der Waals surface area contributed by atoms with Gasteiger partial charge in [-0.3, -0.25) is 4.90 Å². The molecule has 10 nitrogen and oxygen atoms in total. The number of aromatic nitrogens is 2. The number of anilines is 3. The Morgan fingerprint density at radius 3 is 2.64 bits per heavy atom. The zero-order valence-electron chi connectivity index (χ0n) is 33.4. The lowest BCUT2D eigenvalue weighted by Gasteiger charge is -2.62. The SMILES string of the molecule is COC(=O)c1ccc(N2CC3(CC(N4CCC[C@H]4c4ccccc4C(C)C)C3)C2)cc1N1c2cc3ccn(COCC[Si](C)(C)C)c3nc2O[C@@H]2COC[C@H]21. The van der Waals surface area contributed by atoms with E-state index in [1.807, 2.05) is 16.8 Å². The van der Waals surface area contributed by atoms with Gasteiger partial charge in [0.2, 0.25) is 5.88 Å². The molecule has 4 fully saturated rings. The minimum absolute atomic E-state index is 0.109. The first-order chi connectivity index (χ1) is 26.5. The van der Waals surface area contributed by atoms with Gasteiger partial charge in [0.15, 0.2) is 0 Å². The van der Waals surface area contributed by atoms with Gasteiger partial charge in [0.25, 0.3) is 0 Å². The van der Waals surface area contributed by atoms with Crippen molar-refractivity contribution in [2.75, 3.05) is 56.4 Å². The minimum Gasteiger partial charge on any atom is -0.468 e. The molecule has 6 heterocycles. The summed E-state index contributed by atoms with van der Waals surface area (Å²) in [5, 5.41) is 0.992. The molecule has 1 spiro atoms. The molecule has 1 saturated carbocycles. The van der Waals surface area contributed by atoms with Gasteiger partial charge in [-0.25, -0.2) is 4.79 Å². The molecule has 0 amide bonds. The standard InChI is InChI=1S/C44H57N5O5Si/c1-29(2)33-10-7-8-11-34(33)36-12-9-16-48(36)32-22-44(23-32)26-47(27-44)31-13-14-35(43(50)51-3)37(21-31)49-38-20-30-15-17-46(28-52-18-19-55(4,5)6)41(30)45-42(38)54-40-25-53-24-39(40)49/h7-8,10-11,13-15,17,20-21,29,32,36,39-40H,9,12,16,18-19,22-28H2,1-6H3/t36-,39+,40+/m0/s1. The van der Waals surface area contributed by atoms with E-state index >= 15 is 0 Å². The van der Waals surface area contributed by atoms with E-state index in [4.69, 9.17) is 23.9 Å². The van der Waals surface area contributed by atoms with Gasteiger partial charge in [0.1, 0.15) is 24.2 Å². The van der Waals surface area contributed by atoms with Crippen LogP contribution >= 0.6 is 0 Å². The molecule has 0 radical (unpaired) electrons. The molecular weight excluding hydrogens is 707 g/mol. The fourth-order valence-corrected chi connectivity index (χ4v) is 10.7. The first-order valence-corrected chi connectivity index (χ1v) is 24.1. The number of fused-ring (bicyclic) bond motifs is 3. The van der Waals surface area contributed by atoms with Crippen LogP contribution in [0.2, 0.25) is 25.7 Å². The van der Waals surface area contributed by atoms with E-state index in [1.165, 1.54) is 44.9 Å². The van der Waals surface area contributed by atoms with Crippen LogP contribution in [0.4, 0.5) is 17.1 Å². The molecule has 4 aliphatic heterocycles. The Kier molecular flexibility index (Phi) is 9.51. The number of ether oxygens (including phenoxy) is 4. The highest BCUT2D eigenvalue weighted by atomic mass is 28.3. The fourth-order valence-electron chi connectivity index (χ4n) is 9.97. The first kappa shape index (κ1) is 36.7. The Morgan fingerprint density at radius 2 is 1.85 bits per heavy atom. The Labute approximate surface area is 326 Å². The van der Waals surface area contributed by atoms with Gasteiger partial charge < -0.3 is 33.3 Å². The van der Waals surface area contributed by atoms with E-state index in [0.717, 1.165) is 53.8 Å². The molecule has 1 aliphatic carbocycles. The summed E-state index contributed by atoms with van der Waals surface area (Å²) in [6.45, 7) is 17.1. The average molecular weight is 764 g/mol. The zero-order chi connectivity index (χ0) is 38.1. The monoisotopic (exact) mass is 763 g/mol. The van der Waals surface area contributed by atoms with Crippen molar-refractivity contribution in [1.82, 2.24) is 14.5 Å². The van der Waals surface area contributed by atoms with Crippen LogP contribution in [0.15, 0.2) is 60.8 Å². The second-order valence-electron chi connectivity index (χ2n) is 18.3. The van der Waals surface area contributed by atoms with Crippen molar-refractivity contribution in [3.8, 4) is 5.88 Å². The number of methoxy groups -OCH3 is 1. The van der Waals surface area contributed by atoms with E-state index in [9.17, 15) is 4.79 Å². The van der Waals surface area contributed by atoms with Crippen molar-refractivity contribution < 1.29 is 23.7 Å². The molecular formula is C44H57N5O5Si. The molecule has 2 aromatic heterocycles. The van der Waals surface area contributed by atoms with Crippen LogP contribution in [0, 0.1) is 5.41 Å². The number of nitrogens with zero attached hydrogens (tertiary/aromatic N) is 5. The second-order valence-corrected chi connectivity index (χ2v) is 23.9. The number of hydrogen-bond acceptors (Lipinski definition) is 9. The predicted molar refractivity (Wildman–Crippen MR) is 220 cm³/mol. The molecule has 292 valence electrons. The van der Waals surface area contributed by atoms with Gasteiger partial charge in [-0.15, -0.1) is 0 Å². The van der Waals surface area contributed by atoms with E-state index in [-0.39, 0.29) is 18.1 Å². The number of carbonyl (C=O) groups is 1. The van der Waals surface area contributed by atoms with E-state index < -0.39 is 8.07 Å². The minimum atomic E-state index is -1.19.